The maximum absolute atomic E-state index is 10.2. The fraction of sp³-hybridized carbons (Fsp3) is 0.469. The molecule has 1 saturated heterocycles. The van der Waals surface area contributed by atoms with Crippen LogP contribution in [0.4, 0.5) is 11.4 Å². The molecule has 11 heteroatoms. The summed E-state index contributed by atoms with van der Waals surface area (Å²) >= 11 is 1.81. The van der Waals surface area contributed by atoms with Crippen LogP contribution >= 0.6 is 11.3 Å². The second kappa shape index (κ2) is 10.9. The fourth-order valence-corrected chi connectivity index (χ4v) is 7.03. The van der Waals surface area contributed by atoms with E-state index in [1.807, 2.05) is 28.2 Å². The average Bonchev–Trinajstić information content (AvgIpc) is 3.55. The smallest absolute Gasteiger partial charge is 0.110 e. The van der Waals surface area contributed by atoms with E-state index in [0.717, 1.165) is 62.3 Å². The maximum atomic E-state index is 10.2. The Morgan fingerprint density at radius 2 is 1.95 bits per heavy atom. The van der Waals surface area contributed by atoms with Crippen LogP contribution in [0.2, 0.25) is 0 Å². The number of fused-ring (bicyclic) bond motifs is 2. The summed E-state index contributed by atoms with van der Waals surface area (Å²) < 4.78 is 7.45. The molecule has 2 fully saturated rings. The molecular formula is C32H35N9OS. The van der Waals surface area contributed by atoms with Crippen LogP contribution in [-0.4, -0.2) is 57.2 Å². The Morgan fingerprint density at radius 1 is 1.14 bits per heavy atom. The average molecular weight is 594 g/mol. The van der Waals surface area contributed by atoms with Gasteiger partial charge in [-0.25, -0.2) is 4.68 Å². The third-order valence-electron chi connectivity index (χ3n) is 8.52. The quantitative estimate of drug-likeness (QED) is 0.277. The Morgan fingerprint density at radius 3 is 2.65 bits per heavy atom. The summed E-state index contributed by atoms with van der Waals surface area (Å²) in [7, 11) is 0. The van der Waals surface area contributed by atoms with E-state index in [-0.39, 0.29) is 11.5 Å². The molecule has 1 aliphatic carbocycles. The molecule has 2 N–H and O–H groups in total. The predicted octanol–water partition coefficient (Wildman–Crippen LogP) is 5.38. The number of pyridine rings is 1. The van der Waals surface area contributed by atoms with Gasteiger partial charge in [0.15, 0.2) is 0 Å². The minimum Gasteiger partial charge on any atom is -0.383 e. The monoisotopic (exact) mass is 593 g/mol. The van der Waals surface area contributed by atoms with Gasteiger partial charge in [-0.15, -0.1) is 16.4 Å². The first-order chi connectivity index (χ1) is 20.8. The maximum Gasteiger partial charge on any atom is 0.110 e. The van der Waals surface area contributed by atoms with Gasteiger partial charge in [-0.1, -0.05) is 26.0 Å². The van der Waals surface area contributed by atoms with Crippen LogP contribution in [0.25, 0.3) is 10.9 Å². The van der Waals surface area contributed by atoms with Gasteiger partial charge in [0, 0.05) is 41.8 Å². The predicted molar refractivity (Wildman–Crippen MR) is 166 cm³/mol. The van der Waals surface area contributed by atoms with Crippen LogP contribution in [0.1, 0.15) is 78.5 Å². The summed E-state index contributed by atoms with van der Waals surface area (Å²) in [4.78, 5) is 8.45. The Balaban J connectivity index is 1.29. The number of aromatic nitrogens is 4. The molecule has 2 aliphatic heterocycles. The number of benzene rings is 1. The zero-order valence-electron chi connectivity index (χ0n) is 24.7. The van der Waals surface area contributed by atoms with Crippen LogP contribution in [0, 0.1) is 28.1 Å². The molecule has 0 bridgehead atoms. The molecule has 7 rings (SSSR count). The van der Waals surface area contributed by atoms with Gasteiger partial charge in [-0.05, 0) is 53.3 Å². The molecule has 0 radical (unpaired) electrons. The second-order valence-corrected chi connectivity index (χ2v) is 14.0. The molecule has 1 unspecified atom stereocenters. The highest BCUT2D eigenvalue weighted by molar-refractivity contribution is 7.10. The molecule has 1 saturated carbocycles. The lowest BCUT2D eigenvalue weighted by Crippen LogP contribution is -2.50. The fourth-order valence-electron chi connectivity index (χ4n) is 5.88. The van der Waals surface area contributed by atoms with Crippen molar-refractivity contribution in [1.29, 1.82) is 10.5 Å². The van der Waals surface area contributed by atoms with E-state index >= 15 is 0 Å². The van der Waals surface area contributed by atoms with Crippen LogP contribution in [-0.2, 0) is 17.7 Å². The summed E-state index contributed by atoms with van der Waals surface area (Å²) in [5.41, 5.74) is 6.39. The van der Waals surface area contributed by atoms with Gasteiger partial charge in [-0.3, -0.25) is 9.88 Å². The van der Waals surface area contributed by atoms with E-state index in [1.165, 1.54) is 16.0 Å². The topological polar surface area (TPSA) is 128 Å². The van der Waals surface area contributed by atoms with E-state index < -0.39 is 0 Å². The Bertz CT molecular complexity index is 1760. The van der Waals surface area contributed by atoms with Crippen molar-refractivity contribution in [3.63, 3.8) is 0 Å². The Kier molecular flexibility index (Phi) is 7.05. The molecule has 5 heterocycles. The van der Waals surface area contributed by atoms with Gasteiger partial charge in [0.05, 0.1) is 59.9 Å². The van der Waals surface area contributed by atoms with Gasteiger partial charge in [-0.2, -0.15) is 10.5 Å². The van der Waals surface area contributed by atoms with Gasteiger partial charge in [0.25, 0.3) is 0 Å². The SMILES string of the molecule is CC(C)(C)CNc1c(C#N)cnc2c(C#N)cc(NC(c3cn(C4CC4)nn3)c3csc4c3CCN(C3COC3)C4)cc12. The summed E-state index contributed by atoms with van der Waals surface area (Å²) in [6.45, 7) is 10.7. The molecule has 43 heavy (non-hydrogen) atoms. The lowest BCUT2D eigenvalue weighted by molar-refractivity contribution is -0.0691. The lowest BCUT2D eigenvalue weighted by atomic mass is 9.95. The number of ether oxygens (including phenoxy) is 1. The molecule has 4 aromatic rings. The van der Waals surface area contributed by atoms with Crippen molar-refractivity contribution in [2.24, 2.45) is 5.41 Å². The number of thiophene rings is 1. The van der Waals surface area contributed by atoms with Crippen molar-refractivity contribution >= 4 is 33.6 Å². The highest BCUT2D eigenvalue weighted by atomic mass is 32.1. The second-order valence-electron chi connectivity index (χ2n) is 13.0. The lowest BCUT2D eigenvalue weighted by Gasteiger charge is -2.39. The first-order valence-corrected chi connectivity index (χ1v) is 15.8. The normalized spacial score (nSPS) is 18.0. The van der Waals surface area contributed by atoms with Crippen LogP contribution in [0.3, 0.4) is 0 Å². The minimum atomic E-state index is -0.242. The standard InChI is InChI=1S/C32H35N9OS/c1-32(2,3)18-36-30-20(11-34)12-35-29-19(10-33)8-21(9-25(29)30)37-31(27-13-41(39-38-27)22-4-5-22)26-17-43-28-14-40(7-6-24(26)28)23-15-42-16-23/h8-9,12-13,17,22-23,31,37H,4-7,14-16,18H2,1-3H3,(H,35,36). The van der Waals surface area contributed by atoms with Crippen molar-refractivity contribution in [2.75, 3.05) is 36.9 Å². The number of hydrogen-bond donors (Lipinski definition) is 2. The molecule has 3 aliphatic rings. The zero-order valence-corrected chi connectivity index (χ0v) is 25.5. The minimum absolute atomic E-state index is 0.00595. The molecule has 0 spiro atoms. The Hall–Kier alpha value is -4.03. The van der Waals surface area contributed by atoms with Crippen LogP contribution in [0.15, 0.2) is 29.9 Å². The van der Waals surface area contributed by atoms with Crippen LogP contribution < -0.4 is 10.6 Å². The first kappa shape index (κ1) is 27.8. The van der Waals surface area contributed by atoms with Crippen LogP contribution in [0.5, 0.6) is 0 Å². The summed E-state index contributed by atoms with van der Waals surface area (Å²) in [5.74, 6) is 0. The Labute approximate surface area is 255 Å². The van der Waals surface area contributed by atoms with Crippen molar-refractivity contribution in [3.8, 4) is 12.1 Å². The number of nitriles is 2. The van der Waals surface area contributed by atoms with Crippen molar-refractivity contribution in [2.45, 2.75) is 64.7 Å². The third kappa shape index (κ3) is 5.45. The van der Waals surface area contributed by atoms with Gasteiger partial charge >= 0.3 is 0 Å². The molecule has 1 atom stereocenters. The summed E-state index contributed by atoms with van der Waals surface area (Å²) in [6, 6.07) is 9.18. The van der Waals surface area contributed by atoms with Gasteiger partial charge < -0.3 is 15.4 Å². The molecular weight excluding hydrogens is 558 g/mol. The third-order valence-corrected chi connectivity index (χ3v) is 9.55. The van der Waals surface area contributed by atoms with E-state index in [4.69, 9.17) is 4.74 Å². The van der Waals surface area contributed by atoms with Crippen molar-refractivity contribution in [1.82, 2.24) is 24.9 Å². The van der Waals surface area contributed by atoms with Gasteiger partial charge in [0.2, 0.25) is 0 Å². The largest absolute Gasteiger partial charge is 0.383 e. The van der Waals surface area contributed by atoms with Gasteiger partial charge in [0.1, 0.15) is 17.8 Å². The molecule has 3 aromatic heterocycles. The van der Waals surface area contributed by atoms with Crippen molar-refractivity contribution in [3.05, 3.63) is 62.7 Å². The highest BCUT2D eigenvalue weighted by Gasteiger charge is 2.33. The number of nitrogens with one attached hydrogen (secondary N) is 2. The molecule has 10 nitrogen and oxygen atoms in total. The summed E-state index contributed by atoms with van der Waals surface area (Å²) in [6.07, 6.45) is 6.85. The first-order valence-electron chi connectivity index (χ1n) is 14.9. The van der Waals surface area contributed by atoms with E-state index in [2.05, 4.69) is 75.3 Å². The molecule has 0 amide bonds. The van der Waals surface area contributed by atoms with E-state index in [1.54, 1.807) is 6.20 Å². The molecule has 1 aromatic carbocycles. The number of hydrogen-bond acceptors (Lipinski definition) is 10. The number of anilines is 2. The zero-order chi connectivity index (χ0) is 29.7. The number of rotatable bonds is 8. The van der Waals surface area contributed by atoms with E-state index in [9.17, 15) is 10.5 Å². The highest BCUT2D eigenvalue weighted by Crippen LogP contribution is 2.40. The summed E-state index contributed by atoms with van der Waals surface area (Å²) in [5, 5.41) is 39.5. The number of nitrogens with zero attached hydrogens (tertiary/aromatic N) is 7. The van der Waals surface area contributed by atoms with E-state index in [0.29, 0.717) is 41.0 Å². The van der Waals surface area contributed by atoms with Crippen molar-refractivity contribution < 1.29 is 4.74 Å². The molecule has 220 valence electrons.